The predicted octanol–water partition coefficient (Wildman–Crippen LogP) is 3.01. The first-order chi connectivity index (χ1) is 8.97. The lowest BCUT2D eigenvalue weighted by atomic mass is 10.2. The molecule has 0 bridgehead atoms. The summed E-state index contributed by atoms with van der Waals surface area (Å²) in [6.07, 6.45) is 1.95. The van der Waals surface area contributed by atoms with Gasteiger partial charge in [-0.05, 0) is 28.9 Å². The Hall–Kier alpha value is -1.89. The van der Waals surface area contributed by atoms with Crippen molar-refractivity contribution in [2.24, 2.45) is 7.05 Å². The van der Waals surface area contributed by atoms with E-state index in [2.05, 4.69) is 26.3 Å². The molecule has 0 spiro atoms. The molecule has 0 unspecified atom stereocenters. The molecule has 2 aromatic rings. The molecular formula is C12H13BrN4O2. The van der Waals surface area contributed by atoms with Crippen LogP contribution in [0.1, 0.15) is 11.3 Å². The van der Waals surface area contributed by atoms with Crippen molar-refractivity contribution in [3.8, 4) is 0 Å². The smallest absolute Gasteiger partial charge is 0.270 e. The second-order valence-electron chi connectivity index (χ2n) is 4.19. The minimum absolute atomic E-state index is 0.0648. The third-order valence-electron chi connectivity index (χ3n) is 2.75. The van der Waals surface area contributed by atoms with Gasteiger partial charge in [0, 0.05) is 47.6 Å². The van der Waals surface area contributed by atoms with Gasteiger partial charge in [-0.1, -0.05) is 0 Å². The van der Waals surface area contributed by atoms with Gasteiger partial charge in [0.05, 0.1) is 10.6 Å². The molecule has 7 heteroatoms. The fourth-order valence-corrected chi connectivity index (χ4v) is 2.28. The van der Waals surface area contributed by atoms with E-state index in [1.54, 1.807) is 10.7 Å². The summed E-state index contributed by atoms with van der Waals surface area (Å²) in [5, 5.41) is 18.1. The number of benzene rings is 1. The van der Waals surface area contributed by atoms with Crippen LogP contribution < -0.4 is 5.32 Å². The molecule has 0 aliphatic heterocycles. The van der Waals surface area contributed by atoms with Crippen molar-refractivity contribution in [3.63, 3.8) is 0 Å². The van der Waals surface area contributed by atoms with Gasteiger partial charge in [0.15, 0.2) is 0 Å². The van der Waals surface area contributed by atoms with Crippen LogP contribution >= 0.6 is 15.9 Å². The molecule has 19 heavy (non-hydrogen) atoms. The number of rotatable bonds is 4. The van der Waals surface area contributed by atoms with Crippen molar-refractivity contribution in [3.05, 3.63) is 50.2 Å². The van der Waals surface area contributed by atoms with Crippen molar-refractivity contribution in [2.45, 2.75) is 13.5 Å². The van der Waals surface area contributed by atoms with Gasteiger partial charge in [-0.2, -0.15) is 5.10 Å². The van der Waals surface area contributed by atoms with E-state index < -0.39 is 4.92 Å². The zero-order valence-corrected chi connectivity index (χ0v) is 12.1. The molecule has 0 aliphatic rings. The quantitative estimate of drug-likeness (QED) is 0.693. The van der Waals surface area contributed by atoms with Gasteiger partial charge in [-0.15, -0.1) is 0 Å². The Balaban J connectivity index is 2.12. The molecule has 1 N–H and O–H groups in total. The first kappa shape index (κ1) is 13.5. The Kier molecular flexibility index (Phi) is 3.84. The van der Waals surface area contributed by atoms with Gasteiger partial charge in [0.1, 0.15) is 0 Å². The standard InChI is InChI=1S/C12H13BrN4O2/c1-8-9(7-16(2)15-8)6-14-12-4-3-10(17(18)19)5-11(12)13/h3-5,7,14H,6H2,1-2H3. The number of aromatic nitrogens is 2. The van der Waals surface area contributed by atoms with E-state index in [0.717, 1.165) is 16.9 Å². The Labute approximate surface area is 118 Å². The summed E-state index contributed by atoms with van der Waals surface area (Å²) in [5.74, 6) is 0. The molecular weight excluding hydrogens is 312 g/mol. The number of nitrogens with one attached hydrogen (secondary N) is 1. The van der Waals surface area contributed by atoms with Crippen LogP contribution in [0.2, 0.25) is 0 Å². The summed E-state index contributed by atoms with van der Waals surface area (Å²) >= 11 is 3.32. The molecule has 1 aromatic heterocycles. The maximum absolute atomic E-state index is 10.6. The average Bonchev–Trinajstić information content (AvgIpc) is 2.66. The van der Waals surface area contributed by atoms with Crippen molar-refractivity contribution < 1.29 is 4.92 Å². The zero-order chi connectivity index (χ0) is 14.0. The van der Waals surface area contributed by atoms with Crippen LogP contribution in [-0.4, -0.2) is 14.7 Å². The average molecular weight is 325 g/mol. The molecule has 0 radical (unpaired) electrons. The van der Waals surface area contributed by atoms with E-state index in [9.17, 15) is 10.1 Å². The molecule has 1 heterocycles. The highest BCUT2D eigenvalue weighted by molar-refractivity contribution is 9.10. The van der Waals surface area contributed by atoms with Crippen LogP contribution in [-0.2, 0) is 13.6 Å². The normalized spacial score (nSPS) is 10.5. The SMILES string of the molecule is Cc1nn(C)cc1CNc1ccc([N+](=O)[O-])cc1Br. The second kappa shape index (κ2) is 5.40. The summed E-state index contributed by atoms with van der Waals surface area (Å²) < 4.78 is 2.43. The fourth-order valence-electron chi connectivity index (χ4n) is 1.77. The Morgan fingerprint density at radius 2 is 2.26 bits per heavy atom. The summed E-state index contributed by atoms with van der Waals surface area (Å²) in [7, 11) is 1.87. The number of hydrogen-bond acceptors (Lipinski definition) is 4. The first-order valence-electron chi connectivity index (χ1n) is 5.64. The number of hydrogen-bond donors (Lipinski definition) is 1. The van der Waals surface area contributed by atoms with E-state index in [1.165, 1.54) is 12.1 Å². The topological polar surface area (TPSA) is 73.0 Å². The molecule has 2 rings (SSSR count). The van der Waals surface area contributed by atoms with E-state index in [4.69, 9.17) is 0 Å². The number of halogens is 1. The molecule has 1 aromatic carbocycles. The fraction of sp³-hybridized carbons (Fsp3) is 0.250. The Bertz CT molecular complexity index is 624. The number of nitro benzene ring substituents is 1. The molecule has 6 nitrogen and oxygen atoms in total. The van der Waals surface area contributed by atoms with Crippen molar-refractivity contribution in [2.75, 3.05) is 5.32 Å². The number of nitro groups is 1. The minimum atomic E-state index is -0.417. The van der Waals surface area contributed by atoms with Gasteiger partial charge in [-0.25, -0.2) is 0 Å². The lowest BCUT2D eigenvalue weighted by Gasteiger charge is -2.07. The van der Waals surface area contributed by atoms with Gasteiger partial charge >= 0.3 is 0 Å². The Morgan fingerprint density at radius 3 is 2.79 bits per heavy atom. The summed E-state index contributed by atoms with van der Waals surface area (Å²) in [4.78, 5) is 10.2. The maximum Gasteiger partial charge on any atom is 0.270 e. The lowest BCUT2D eigenvalue weighted by Crippen LogP contribution is -2.01. The molecule has 0 aliphatic carbocycles. The number of aryl methyl sites for hydroxylation is 2. The van der Waals surface area contributed by atoms with Gasteiger partial charge in [0.2, 0.25) is 0 Å². The monoisotopic (exact) mass is 324 g/mol. The molecule has 0 amide bonds. The Morgan fingerprint density at radius 1 is 1.53 bits per heavy atom. The third kappa shape index (κ3) is 3.11. The maximum atomic E-state index is 10.6. The third-order valence-corrected chi connectivity index (χ3v) is 3.40. The second-order valence-corrected chi connectivity index (χ2v) is 5.04. The highest BCUT2D eigenvalue weighted by Gasteiger charge is 2.09. The number of non-ortho nitro benzene ring substituents is 1. The molecule has 0 saturated carbocycles. The van der Waals surface area contributed by atoms with Crippen LogP contribution in [0.15, 0.2) is 28.9 Å². The van der Waals surface area contributed by atoms with E-state index in [0.29, 0.717) is 11.0 Å². The van der Waals surface area contributed by atoms with Gasteiger partial charge < -0.3 is 5.32 Å². The first-order valence-corrected chi connectivity index (χ1v) is 6.43. The highest BCUT2D eigenvalue weighted by Crippen LogP contribution is 2.27. The van der Waals surface area contributed by atoms with Crippen molar-refractivity contribution in [1.82, 2.24) is 9.78 Å². The van der Waals surface area contributed by atoms with Crippen LogP contribution in [0.4, 0.5) is 11.4 Å². The van der Waals surface area contributed by atoms with Gasteiger partial charge in [-0.3, -0.25) is 14.8 Å². The minimum Gasteiger partial charge on any atom is -0.380 e. The summed E-state index contributed by atoms with van der Waals surface area (Å²) in [5.41, 5.74) is 2.93. The lowest BCUT2D eigenvalue weighted by molar-refractivity contribution is -0.384. The largest absolute Gasteiger partial charge is 0.380 e. The van der Waals surface area contributed by atoms with E-state index in [-0.39, 0.29) is 5.69 Å². The number of anilines is 1. The highest BCUT2D eigenvalue weighted by atomic mass is 79.9. The van der Waals surface area contributed by atoms with Crippen LogP contribution in [0.25, 0.3) is 0 Å². The van der Waals surface area contributed by atoms with Crippen molar-refractivity contribution >= 4 is 27.3 Å². The molecule has 0 atom stereocenters. The van der Waals surface area contributed by atoms with Crippen molar-refractivity contribution in [1.29, 1.82) is 0 Å². The molecule has 0 fully saturated rings. The summed E-state index contributed by atoms with van der Waals surface area (Å²) in [6, 6.07) is 4.65. The van der Waals surface area contributed by atoms with Crippen LogP contribution in [0, 0.1) is 17.0 Å². The van der Waals surface area contributed by atoms with Crippen LogP contribution in [0.3, 0.4) is 0 Å². The van der Waals surface area contributed by atoms with E-state index >= 15 is 0 Å². The van der Waals surface area contributed by atoms with Gasteiger partial charge in [0.25, 0.3) is 5.69 Å². The van der Waals surface area contributed by atoms with Crippen LogP contribution in [0.5, 0.6) is 0 Å². The molecule has 100 valence electrons. The predicted molar refractivity (Wildman–Crippen MR) is 76.1 cm³/mol. The zero-order valence-electron chi connectivity index (χ0n) is 10.6. The molecule has 0 saturated heterocycles. The number of nitrogens with zero attached hydrogens (tertiary/aromatic N) is 3. The summed E-state index contributed by atoms with van der Waals surface area (Å²) in [6.45, 7) is 2.57. The van der Waals surface area contributed by atoms with E-state index in [1.807, 2.05) is 20.2 Å².